The first-order valence-electron chi connectivity index (χ1n) is 4.56. The summed E-state index contributed by atoms with van der Waals surface area (Å²) in [6, 6.07) is 5.44. The standard InChI is InChI=1S/C11H12F3N/c1-2-3-8-15-10-7-5-4-6-9(10)11(12,13)14/h2,4-7,15H,1,3,8H2. The Balaban J connectivity index is 2.82. The highest BCUT2D eigenvalue weighted by molar-refractivity contribution is 5.52. The minimum absolute atomic E-state index is 0.117. The van der Waals surface area contributed by atoms with Crippen LogP contribution in [0.25, 0.3) is 0 Å². The van der Waals surface area contributed by atoms with Gasteiger partial charge in [-0.25, -0.2) is 0 Å². The predicted octanol–water partition coefficient (Wildman–Crippen LogP) is 3.69. The van der Waals surface area contributed by atoms with Crippen LogP contribution in [0.4, 0.5) is 18.9 Å². The number of hydrogen-bond donors (Lipinski definition) is 1. The Bertz CT molecular complexity index is 331. The largest absolute Gasteiger partial charge is 0.418 e. The van der Waals surface area contributed by atoms with E-state index in [0.717, 1.165) is 6.07 Å². The summed E-state index contributed by atoms with van der Waals surface area (Å²) in [6.45, 7) is 3.96. The van der Waals surface area contributed by atoms with Gasteiger partial charge in [-0.3, -0.25) is 0 Å². The fourth-order valence-electron chi connectivity index (χ4n) is 1.19. The van der Waals surface area contributed by atoms with Crippen LogP contribution in [0.3, 0.4) is 0 Å². The van der Waals surface area contributed by atoms with Gasteiger partial charge in [0.25, 0.3) is 0 Å². The summed E-state index contributed by atoms with van der Waals surface area (Å²) < 4.78 is 37.5. The molecule has 1 rings (SSSR count). The summed E-state index contributed by atoms with van der Waals surface area (Å²) in [5, 5.41) is 2.73. The van der Waals surface area contributed by atoms with Crippen LogP contribution in [0, 0.1) is 0 Å². The van der Waals surface area contributed by atoms with Gasteiger partial charge in [0.2, 0.25) is 0 Å². The van der Waals surface area contributed by atoms with Crippen LogP contribution in [0.15, 0.2) is 36.9 Å². The van der Waals surface area contributed by atoms with Gasteiger partial charge in [0.15, 0.2) is 0 Å². The van der Waals surface area contributed by atoms with Crippen molar-refractivity contribution in [1.82, 2.24) is 0 Å². The molecule has 0 radical (unpaired) electrons. The smallest absolute Gasteiger partial charge is 0.384 e. The van der Waals surface area contributed by atoms with Gasteiger partial charge in [0, 0.05) is 12.2 Å². The van der Waals surface area contributed by atoms with E-state index in [1.165, 1.54) is 12.1 Å². The highest BCUT2D eigenvalue weighted by Gasteiger charge is 2.32. The maximum atomic E-state index is 12.5. The fourth-order valence-corrected chi connectivity index (χ4v) is 1.19. The maximum Gasteiger partial charge on any atom is 0.418 e. The topological polar surface area (TPSA) is 12.0 Å². The number of anilines is 1. The van der Waals surface area contributed by atoms with Crippen molar-refractivity contribution in [2.24, 2.45) is 0 Å². The van der Waals surface area contributed by atoms with Crippen molar-refractivity contribution in [3.05, 3.63) is 42.5 Å². The van der Waals surface area contributed by atoms with Crippen LogP contribution in [0.1, 0.15) is 12.0 Å². The number of nitrogens with one attached hydrogen (secondary N) is 1. The summed E-state index contributed by atoms with van der Waals surface area (Å²) in [4.78, 5) is 0. The van der Waals surface area contributed by atoms with Gasteiger partial charge in [-0.1, -0.05) is 18.2 Å². The quantitative estimate of drug-likeness (QED) is 0.596. The third-order valence-electron chi connectivity index (χ3n) is 1.90. The minimum atomic E-state index is -4.31. The van der Waals surface area contributed by atoms with Gasteiger partial charge in [-0.05, 0) is 18.6 Å². The molecule has 0 aliphatic rings. The van der Waals surface area contributed by atoms with E-state index in [2.05, 4.69) is 11.9 Å². The van der Waals surface area contributed by atoms with Gasteiger partial charge in [0.1, 0.15) is 0 Å². The number of rotatable bonds is 4. The average Bonchev–Trinajstić information content (AvgIpc) is 2.17. The molecule has 1 N–H and O–H groups in total. The molecule has 1 aromatic carbocycles. The molecule has 0 saturated heterocycles. The van der Waals surface area contributed by atoms with Crippen molar-refractivity contribution in [3.63, 3.8) is 0 Å². The normalized spacial score (nSPS) is 11.1. The van der Waals surface area contributed by atoms with E-state index in [1.54, 1.807) is 12.1 Å². The highest BCUT2D eigenvalue weighted by atomic mass is 19.4. The number of hydrogen-bond acceptors (Lipinski definition) is 1. The van der Waals surface area contributed by atoms with E-state index in [-0.39, 0.29) is 5.69 Å². The number of benzene rings is 1. The molecule has 0 unspecified atom stereocenters. The van der Waals surface area contributed by atoms with Crippen molar-refractivity contribution in [1.29, 1.82) is 0 Å². The van der Waals surface area contributed by atoms with Gasteiger partial charge in [-0.15, -0.1) is 6.58 Å². The van der Waals surface area contributed by atoms with Gasteiger partial charge in [-0.2, -0.15) is 13.2 Å². The summed E-state index contributed by atoms with van der Waals surface area (Å²) >= 11 is 0. The summed E-state index contributed by atoms with van der Waals surface area (Å²) in [7, 11) is 0. The molecule has 0 atom stereocenters. The maximum absolute atomic E-state index is 12.5. The van der Waals surface area contributed by atoms with E-state index in [4.69, 9.17) is 0 Å². The van der Waals surface area contributed by atoms with Crippen molar-refractivity contribution in [3.8, 4) is 0 Å². The van der Waals surface area contributed by atoms with Crippen LogP contribution in [-0.4, -0.2) is 6.54 Å². The minimum Gasteiger partial charge on any atom is -0.384 e. The van der Waals surface area contributed by atoms with Gasteiger partial charge < -0.3 is 5.32 Å². The van der Waals surface area contributed by atoms with E-state index >= 15 is 0 Å². The average molecular weight is 215 g/mol. The van der Waals surface area contributed by atoms with E-state index in [0.29, 0.717) is 13.0 Å². The number of para-hydroxylation sites is 1. The molecule has 0 aromatic heterocycles. The molecular formula is C11H12F3N. The molecule has 0 aliphatic heterocycles. The molecule has 0 aliphatic carbocycles. The molecule has 0 heterocycles. The molecular weight excluding hydrogens is 203 g/mol. The summed E-state index contributed by atoms with van der Waals surface area (Å²) in [5.41, 5.74) is -0.513. The predicted molar refractivity (Wildman–Crippen MR) is 54.7 cm³/mol. The molecule has 0 saturated carbocycles. The second-order valence-electron chi connectivity index (χ2n) is 3.05. The first-order valence-corrected chi connectivity index (χ1v) is 4.56. The molecule has 0 fully saturated rings. The molecule has 0 bridgehead atoms. The molecule has 82 valence electrons. The van der Waals surface area contributed by atoms with Gasteiger partial charge >= 0.3 is 6.18 Å². The van der Waals surface area contributed by atoms with E-state index < -0.39 is 11.7 Å². The first kappa shape index (κ1) is 11.6. The van der Waals surface area contributed by atoms with Crippen LogP contribution >= 0.6 is 0 Å². The second-order valence-corrected chi connectivity index (χ2v) is 3.05. The van der Waals surface area contributed by atoms with E-state index in [9.17, 15) is 13.2 Å². The Morgan fingerprint density at radius 1 is 1.27 bits per heavy atom. The Hall–Kier alpha value is -1.45. The van der Waals surface area contributed by atoms with Crippen molar-refractivity contribution >= 4 is 5.69 Å². The van der Waals surface area contributed by atoms with Crippen LogP contribution < -0.4 is 5.32 Å². The zero-order chi connectivity index (χ0) is 11.3. The fraction of sp³-hybridized carbons (Fsp3) is 0.273. The van der Waals surface area contributed by atoms with E-state index in [1.807, 2.05) is 0 Å². The molecule has 0 amide bonds. The lowest BCUT2D eigenvalue weighted by Gasteiger charge is -2.13. The summed E-state index contributed by atoms with van der Waals surface area (Å²) in [6.07, 6.45) is -2.02. The molecule has 4 heteroatoms. The zero-order valence-corrected chi connectivity index (χ0v) is 8.14. The summed E-state index contributed by atoms with van der Waals surface area (Å²) in [5.74, 6) is 0. The Morgan fingerprint density at radius 3 is 2.53 bits per heavy atom. The molecule has 1 nitrogen and oxygen atoms in total. The lowest BCUT2D eigenvalue weighted by atomic mass is 10.1. The van der Waals surface area contributed by atoms with Crippen LogP contribution in [0.5, 0.6) is 0 Å². The Morgan fingerprint density at radius 2 is 1.93 bits per heavy atom. The number of alkyl halides is 3. The molecule has 1 aromatic rings. The molecule has 0 spiro atoms. The van der Waals surface area contributed by atoms with Crippen molar-refractivity contribution in [2.75, 3.05) is 11.9 Å². The zero-order valence-electron chi connectivity index (χ0n) is 8.14. The highest BCUT2D eigenvalue weighted by Crippen LogP contribution is 2.34. The molecule has 15 heavy (non-hydrogen) atoms. The third kappa shape index (κ3) is 3.31. The SMILES string of the molecule is C=CCCNc1ccccc1C(F)(F)F. The second kappa shape index (κ2) is 4.87. The monoisotopic (exact) mass is 215 g/mol. The van der Waals surface area contributed by atoms with Crippen molar-refractivity contribution in [2.45, 2.75) is 12.6 Å². The third-order valence-corrected chi connectivity index (χ3v) is 1.90. The lowest BCUT2D eigenvalue weighted by Crippen LogP contribution is -2.11. The first-order chi connectivity index (χ1) is 7.05. The Kier molecular flexibility index (Phi) is 3.77. The number of halogens is 3. The lowest BCUT2D eigenvalue weighted by molar-refractivity contribution is -0.136. The van der Waals surface area contributed by atoms with Crippen molar-refractivity contribution < 1.29 is 13.2 Å². The van der Waals surface area contributed by atoms with Crippen LogP contribution in [-0.2, 0) is 6.18 Å². The van der Waals surface area contributed by atoms with Gasteiger partial charge in [0.05, 0.1) is 5.56 Å². The Labute approximate surface area is 86.6 Å². The van der Waals surface area contributed by atoms with Crippen LogP contribution in [0.2, 0.25) is 0 Å².